The molecule has 1 amide bonds. The minimum atomic E-state index is -0.254. The largest absolute Gasteiger partial charge is 0.353 e. The summed E-state index contributed by atoms with van der Waals surface area (Å²) < 4.78 is 13.9. The molecular formula is C18H23FN4O. The number of aryl methyl sites for hydroxylation is 1. The molecule has 1 aliphatic rings. The predicted molar refractivity (Wildman–Crippen MR) is 93.5 cm³/mol. The summed E-state index contributed by atoms with van der Waals surface area (Å²) in [5.41, 5.74) is 8.32. The van der Waals surface area contributed by atoms with E-state index in [2.05, 4.69) is 4.90 Å². The third-order valence-corrected chi connectivity index (χ3v) is 4.70. The number of nitrogens with two attached hydrogens (primary N) is 1. The molecule has 0 spiro atoms. The number of aromatic nitrogens is 1. The van der Waals surface area contributed by atoms with E-state index in [1.54, 1.807) is 19.9 Å². The van der Waals surface area contributed by atoms with Gasteiger partial charge in [0.05, 0.1) is 5.52 Å². The summed E-state index contributed by atoms with van der Waals surface area (Å²) in [6.45, 7) is 7.98. The second kappa shape index (κ2) is 6.36. The maximum atomic E-state index is 13.9. The maximum absolute atomic E-state index is 13.9. The average molecular weight is 330 g/mol. The van der Waals surface area contributed by atoms with Crippen molar-refractivity contribution in [3.8, 4) is 0 Å². The van der Waals surface area contributed by atoms with Gasteiger partial charge in [-0.3, -0.25) is 4.79 Å². The highest BCUT2D eigenvalue weighted by Crippen LogP contribution is 2.30. The molecule has 6 heteroatoms. The van der Waals surface area contributed by atoms with Crippen LogP contribution < -0.4 is 10.6 Å². The Morgan fingerprint density at radius 2 is 1.96 bits per heavy atom. The van der Waals surface area contributed by atoms with Gasteiger partial charge in [0, 0.05) is 55.7 Å². The van der Waals surface area contributed by atoms with Crippen molar-refractivity contribution in [3.63, 3.8) is 0 Å². The van der Waals surface area contributed by atoms with E-state index in [1.807, 2.05) is 17.9 Å². The van der Waals surface area contributed by atoms with E-state index >= 15 is 0 Å². The standard InChI is InChI=1S/C18H23FN4O/c1-11-16(19)5-4-14-10-15(12(2)20)18(21-17(11)14)23-8-6-22(7-9-23)13(3)24/h4-5,10,12H,6-9,20H2,1-3H3. The van der Waals surface area contributed by atoms with Crippen LogP contribution in [0.4, 0.5) is 10.2 Å². The second-order valence-electron chi connectivity index (χ2n) is 6.43. The molecule has 1 fully saturated rings. The zero-order valence-corrected chi connectivity index (χ0v) is 14.3. The first-order valence-electron chi connectivity index (χ1n) is 8.24. The van der Waals surface area contributed by atoms with Crippen LogP contribution in [0.2, 0.25) is 0 Å². The molecule has 5 nitrogen and oxygen atoms in total. The van der Waals surface area contributed by atoms with Crippen molar-refractivity contribution in [2.75, 3.05) is 31.1 Å². The van der Waals surface area contributed by atoms with Gasteiger partial charge in [-0.1, -0.05) is 0 Å². The van der Waals surface area contributed by atoms with Crippen LogP contribution >= 0.6 is 0 Å². The summed E-state index contributed by atoms with van der Waals surface area (Å²) in [6, 6.07) is 5.04. The van der Waals surface area contributed by atoms with Gasteiger partial charge in [0.1, 0.15) is 11.6 Å². The van der Waals surface area contributed by atoms with Crippen LogP contribution in [0.15, 0.2) is 18.2 Å². The molecule has 1 atom stereocenters. The third-order valence-electron chi connectivity index (χ3n) is 4.70. The van der Waals surface area contributed by atoms with Crippen molar-refractivity contribution in [2.45, 2.75) is 26.8 Å². The van der Waals surface area contributed by atoms with Crippen LogP contribution in [0.5, 0.6) is 0 Å². The molecule has 2 aromatic rings. The number of anilines is 1. The van der Waals surface area contributed by atoms with Crippen molar-refractivity contribution in [1.82, 2.24) is 9.88 Å². The molecule has 1 aromatic heterocycles. The lowest BCUT2D eigenvalue weighted by Gasteiger charge is -2.36. The highest BCUT2D eigenvalue weighted by atomic mass is 19.1. The number of hydrogen-bond acceptors (Lipinski definition) is 4. The van der Waals surface area contributed by atoms with Crippen molar-refractivity contribution in [3.05, 3.63) is 35.1 Å². The van der Waals surface area contributed by atoms with Gasteiger partial charge < -0.3 is 15.5 Å². The summed E-state index contributed by atoms with van der Waals surface area (Å²) in [4.78, 5) is 20.2. The number of piperazine rings is 1. The summed E-state index contributed by atoms with van der Waals surface area (Å²) in [6.07, 6.45) is 0. The fraction of sp³-hybridized carbons (Fsp3) is 0.444. The summed E-state index contributed by atoms with van der Waals surface area (Å²) in [7, 11) is 0. The quantitative estimate of drug-likeness (QED) is 0.918. The van der Waals surface area contributed by atoms with E-state index < -0.39 is 0 Å². The van der Waals surface area contributed by atoms with E-state index in [0.717, 1.165) is 16.8 Å². The topological polar surface area (TPSA) is 62.5 Å². The smallest absolute Gasteiger partial charge is 0.219 e. The van der Waals surface area contributed by atoms with Crippen LogP contribution in [0, 0.1) is 12.7 Å². The van der Waals surface area contributed by atoms with Crippen LogP contribution in [-0.2, 0) is 4.79 Å². The summed E-state index contributed by atoms with van der Waals surface area (Å²) >= 11 is 0. The summed E-state index contributed by atoms with van der Waals surface area (Å²) in [5.74, 6) is 0.636. The first-order chi connectivity index (χ1) is 11.4. The number of pyridine rings is 1. The van der Waals surface area contributed by atoms with E-state index in [-0.39, 0.29) is 17.8 Å². The lowest BCUT2D eigenvalue weighted by Crippen LogP contribution is -2.48. The van der Waals surface area contributed by atoms with Crippen LogP contribution in [-0.4, -0.2) is 42.0 Å². The second-order valence-corrected chi connectivity index (χ2v) is 6.43. The SMILES string of the molecule is CC(=O)N1CCN(c2nc3c(C)c(F)ccc3cc2C(C)N)CC1. The number of carbonyl (C=O) groups excluding carboxylic acids is 1. The third kappa shape index (κ3) is 2.94. The number of rotatable bonds is 2. The van der Waals surface area contributed by atoms with Gasteiger partial charge in [-0.25, -0.2) is 9.37 Å². The molecule has 1 aliphatic heterocycles. The molecule has 1 aromatic carbocycles. The monoisotopic (exact) mass is 330 g/mol. The first kappa shape index (κ1) is 16.6. The Kier molecular flexibility index (Phi) is 4.41. The lowest BCUT2D eigenvalue weighted by molar-refractivity contribution is -0.129. The van der Waals surface area contributed by atoms with E-state index in [0.29, 0.717) is 37.3 Å². The molecular weight excluding hydrogens is 307 g/mol. The van der Waals surface area contributed by atoms with Gasteiger partial charge in [-0.2, -0.15) is 0 Å². The molecule has 128 valence electrons. The highest BCUT2D eigenvalue weighted by Gasteiger charge is 2.23. The van der Waals surface area contributed by atoms with E-state index in [9.17, 15) is 9.18 Å². The number of fused-ring (bicyclic) bond motifs is 1. The Morgan fingerprint density at radius 1 is 1.29 bits per heavy atom. The normalized spacial score (nSPS) is 16.5. The van der Waals surface area contributed by atoms with Gasteiger partial charge in [-0.15, -0.1) is 0 Å². The average Bonchev–Trinajstić information content (AvgIpc) is 2.57. The molecule has 0 radical (unpaired) electrons. The fourth-order valence-electron chi connectivity index (χ4n) is 3.19. The van der Waals surface area contributed by atoms with Crippen molar-refractivity contribution in [1.29, 1.82) is 0 Å². The van der Waals surface area contributed by atoms with Gasteiger partial charge in [-0.05, 0) is 32.0 Å². The maximum Gasteiger partial charge on any atom is 0.219 e. The van der Waals surface area contributed by atoms with E-state index in [4.69, 9.17) is 10.7 Å². The van der Waals surface area contributed by atoms with Crippen LogP contribution in [0.3, 0.4) is 0 Å². The summed E-state index contributed by atoms with van der Waals surface area (Å²) in [5, 5.41) is 0.896. The number of amides is 1. The number of nitrogens with zero attached hydrogens (tertiary/aromatic N) is 3. The molecule has 1 saturated heterocycles. The van der Waals surface area contributed by atoms with Gasteiger partial charge >= 0.3 is 0 Å². The van der Waals surface area contributed by atoms with Crippen LogP contribution in [0.1, 0.15) is 31.0 Å². The lowest BCUT2D eigenvalue weighted by atomic mass is 10.0. The molecule has 0 bridgehead atoms. The molecule has 2 N–H and O–H groups in total. The number of benzene rings is 1. The first-order valence-corrected chi connectivity index (χ1v) is 8.24. The van der Waals surface area contributed by atoms with Gasteiger partial charge in [0.25, 0.3) is 0 Å². The minimum Gasteiger partial charge on any atom is -0.353 e. The van der Waals surface area contributed by atoms with E-state index in [1.165, 1.54) is 6.07 Å². The fourth-order valence-corrected chi connectivity index (χ4v) is 3.19. The van der Waals surface area contributed by atoms with Crippen LogP contribution in [0.25, 0.3) is 10.9 Å². The number of hydrogen-bond donors (Lipinski definition) is 1. The zero-order valence-electron chi connectivity index (χ0n) is 14.3. The Balaban J connectivity index is 2.04. The number of carbonyl (C=O) groups is 1. The predicted octanol–water partition coefficient (Wildman–Crippen LogP) is 2.37. The van der Waals surface area contributed by atoms with Crippen molar-refractivity contribution < 1.29 is 9.18 Å². The van der Waals surface area contributed by atoms with Gasteiger partial charge in [0.15, 0.2) is 0 Å². The molecule has 0 saturated carbocycles. The Hall–Kier alpha value is -2.21. The van der Waals surface area contributed by atoms with Crippen molar-refractivity contribution >= 4 is 22.6 Å². The highest BCUT2D eigenvalue weighted by molar-refractivity contribution is 5.85. The molecule has 3 rings (SSSR count). The Bertz CT molecular complexity index is 782. The Morgan fingerprint density at radius 3 is 2.54 bits per heavy atom. The molecule has 0 aliphatic carbocycles. The van der Waals surface area contributed by atoms with Crippen molar-refractivity contribution in [2.24, 2.45) is 5.73 Å². The zero-order chi connectivity index (χ0) is 17.4. The minimum absolute atomic E-state index is 0.0893. The van der Waals surface area contributed by atoms with Gasteiger partial charge in [0.2, 0.25) is 5.91 Å². The number of halogens is 1. The molecule has 2 heterocycles. The molecule has 1 unspecified atom stereocenters. The Labute approximate surface area is 141 Å². The molecule has 24 heavy (non-hydrogen) atoms.